The van der Waals surface area contributed by atoms with Crippen LogP contribution in [0.1, 0.15) is 5.56 Å². The van der Waals surface area contributed by atoms with E-state index in [9.17, 15) is 4.79 Å². The Morgan fingerprint density at radius 3 is 2.58 bits per heavy atom. The second-order valence-electron chi connectivity index (χ2n) is 4.15. The van der Waals surface area contributed by atoms with E-state index in [2.05, 4.69) is 10.6 Å². The van der Waals surface area contributed by atoms with Gasteiger partial charge in [0.15, 0.2) is 5.11 Å². The van der Waals surface area contributed by atoms with Crippen LogP contribution in [0.4, 0.5) is 0 Å². The van der Waals surface area contributed by atoms with Crippen molar-refractivity contribution in [2.45, 2.75) is 0 Å². The van der Waals surface area contributed by atoms with Crippen LogP contribution in [0.5, 0.6) is 0 Å². The lowest BCUT2D eigenvalue weighted by Crippen LogP contribution is -2.21. The third-order valence-corrected chi connectivity index (χ3v) is 3.01. The average Bonchev–Trinajstić information content (AvgIpc) is 2.99. The molecule has 2 heterocycles. The lowest BCUT2D eigenvalue weighted by atomic mass is 10.2. The Labute approximate surface area is 115 Å². The average molecular weight is 269 g/mol. The van der Waals surface area contributed by atoms with Crippen molar-refractivity contribution in [2.75, 3.05) is 0 Å². The Balaban J connectivity index is 1.89. The number of nitrogens with zero attached hydrogens (tertiary/aromatic N) is 1. The number of benzene rings is 1. The number of carbonyl (C=O) groups excluding carboxylic acids is 1. The maximum atomic E-state index is 11.5. The van der Waals surface area contributed by atoms with E-state index in [1.54, 1.807) is 6.08 Å². The Morgan fingerprint density at radius 2 is 1.89 bits per heavy atom. The van der Waals surface area contributed by atoms with Gasteiger partial charge in [0, 0.05) is 18.1 Å². The second-order valence-corrected chi connectivity index (χ2v) is 4.56. The Kier molecular flexibility index (Phi) is 2.89. The molecule has 0 aliphatic carbocycles. The molecule has 5 heteroatoms. The lowest BCUT2D eigenvalue weighted by molar-refractivity contribution is -0.115. The fourth-order valence-electron chi connectivity index (χ4n) is 1.91. The molecule has 3 rings (SSSR count). The summed E-state index contributed by atoms with van der Waals surface area (Å²) in [6.07, 6.45) is 5.68. The summed E-state index contributed by atoms with van der Waals surface area (Å²) in [6.45, 7) is 0. The fourth-order valence-corrected chi connectivity index (χ4v) is 2.11. The Hall–Kier alpha value is -2.40. The van der Waals surface area contributed by atoms with E-state index >= 15 is 0 Å². The van der Waals surface area contributed by atoms with Gasteiger partial charge in [-0.05, 0) is 42.1 Å². The minimum atomic E-state index is -0.197. The standard InChI is InChI=1S/C14H11N3OS/c18-13-12(15-14(19)16-13)8-10-6-7-17(9-10)11-4-2-1-3-5-11/h1-9H,(H2,15,16,18,19)/b12-8-. The zero-order valence-electron chi connectivity index (χ0n) is 9.96. The molecule has 2 N–H and O–H groups in total. The first-order chi connectivity index (χ1) is 9.22. The number of amides is 1. The summed E-state index contributed by atoms with van der Waals surface area (Å²) in [5.74, 6) is -0.197. The van der Waals surface area contributed by atoms with Crippen LogP contribution in [0, 0.1) is 0 Å². The van der Waals surface area contributed by atoms with Crippen molar-refractivity contribution in [2.24, 2.45) is 0 Å². The highest BCUT2D eigenvalue weighted by Crippen LogP contribution is 2.13. The molecule has 1 aromatic carbocycles. The molecule has 0 spiro atoms. The van der Waals surface area contributed by atoms with Gasteiger partial charge in [0.1, 0.15) is 5.70 Å². The molecule has 0 atom stereocenters. The number of rotatable bonds is 2. The van der Waals surface area contributed by atoms with Crippen LogP contribution in [0.25, 0.3) is 11.8 Å². The van der Waals surface area contributed by atoms with Crippen molar-refractivity contribution >= 4 is 29.3 Å². The highest BCUT2D eigenvalue weighted by atomic mass is 32.1. The minimum Gasteiger partial charge on any atom is -0.328 e. The summed E-state index contributed by atoms with van der Waals surface area (Å²) in [7, 11) is 0. The number of nitrogens with one attached hydrogen (secondary N) is 2. The molecule has 4 nitrogen and oxygen atoms in total. The molecule has 1 aliphatic rings. The number of carbonyl (C=O) groups is 1. The topological polar surface area (TPSA) is 46.1 Å². The molecule has 0 radical (unpaired) electrons. The van der Waals surface area contributed by atoms with Gasteiger partial charge in [0.2, 0.25) is 0 Å². The van der Waals surface area contributed by atoms with Crippen LogP contribution in [-0.4, -0.2) is 15.6 Å². The van der Waals surface area contributed by atoms with Crippen molar-refractivity contribution in [3.05, 3.63) is 60.1 Å². The van der Waals surface area contributed by atoms with Crippen molar-refractivity contribution < 1.29 is 4.79 Å². The van der Waals surface area contributed by atoms with E-state index in [0.717, 1.165) is 11.3 Å². The number of aromatic nitrogens is 1. The highest BCUT2D eigenvalue weighted by molar-refractivity contribution is 7.80. The predicted octanol–water partition coefficient (Wildman–Crippen LogP) is 1.82. The van der Waals surface area contributed by atoms with Crippen molar-refractivity contribution in [3.8, 4) is 5.69 Å². The monoisotopic (exact) mass is 269 g/mol. The molecule has 0 saturated carbocycles. The first kappa shape index (κ1) is 11.7. The fraction of sp³-hybridized carbons (Fsp3) is 0. The third-order valence-electron chi connectivity index (χ3n) is 2.80. The maximum absolute atomic E-state index is 11.5. The Morgan fingerprint density at radius 1 is 1.11 bits per heavy atom. The summed E-state index contributed by atoms with van der Waals surface area (Å²) in [6, 6.07) is 11.9. The summed E-state index contributed by atoms with van der Waals surface area (Å²) in [4.78, 5) is 11.5. The van der Waals surface area contributed by atoms with Gasteiger partial charge in [0.05, 0.1) is 0 Å². The van der Waals surface area contributed by atoms with Crippen LogP contribution >= 0.6 is 12.2 Å². The largest absolute Gasteiger partial charge is 0.328 e. The predicted molar refractivity (Wildman–Crippen MR) is 77.6 cm³/mol. The first-order valence-electron chi connectivity index (χ1n) is 5.80. The van der Waals surface area contributed by atoms with E-state index < -0.39 is 0 Å². The molecule has 1 saturated heterocycles. The molecular formula is C14H11N3OS. The molecule has 0 unspecified atom stereocenters. The molecule has 0 bridgehead atoms. The summed E-state index contributed by atoms with van der Waals surface area (Å²) in [5.41, 5.74) is 2.48. The quantitative estimate of drug-likeness (QED) is 0.646. The van der Waals surface area contributed by atoms with Gasteiger partial charge >= 0.3 is 0 Å². The van der Waals surface area contributed by atoms with Crippen molar-refractivity contribution in [1.82, 2.24) is 15.2 Å². The molecular weight excluding hydrogens is 258 g/mol. The number of hydrogen-bond donors (Lipinski definition) is 2. The first-order valence-corrected chi connectivity index (χ1v) is 6.21. The van der Waals surface area contributed by atoms with Gasteiger partial charge in [-0.1, -0.05) is 18.2 Å². The van der Waals surface area contributed by atoms with E-state index in [0.29, 0.717) is 10.8 Å². The maximum Gasteiger partial charge on any atom is 0.273 e. The summed E-state index contributed by atoms with van der Waals surface area (Å²) >= 11 is 4.88. The van der Waals surface area contributed by atoms with Gasteiger partial charge in [-0.15, -0.1) is 0 Å². The third kappa shape index (κ3) is 2.41. The highest BCUT2D eigenvalue weighted by Gasteiger charge is 2.19. The van der Waals surface area contributed by atoms with Crippen LogP contribution in [-0.2, 0) is 4.79 Å². The molecule has 1 fully saturated rings. The summed E-state index contributed by atoms with van der Waals surface area (Å²) in [5, 5.41) is 5.70. The van der Waals surface area contributed by atoms with E-state index in [4.69, 9.17) is 12.2 Å². The van der Waals surface area contributed by atoms with Crippen LogP contribution in [0.15, 0.2) is 54.5 Å². The van der Waals surface area contributed by atoms with Gasteiger partial charge in [-0.3, -0.25) is 10.1 Å². The molecule has 19 heavy (non-hydrogen) atoms. The molecule has 1 aliphatic heterocycles. The van der Waals surface area contributed by atoms with E-state index in [-0.39, 0.29) is 5.91 Å². The number of para-hydroxylation sites is 1. The van der Waals surface area contributed by atoms with Crippen LogP contribution in [0.3, 0.4) is 0 Å². The van der Waals surface area contributed by atoms with E-state index in [1.807, 2.05) is 53.4 Å². The zero-order chi connectivity index (χ0) is 13.2. The van der Waals surface area contributed by atoms with Crippen LogP contribution in [0.2, 0.25) is 0 Å². The number of hydrogen-bond acceptors (Lipinski definition) is 2. The smallest absolute Gasteiger partial charge is 0.273 e. The lowest BCUT2D eigenvalue weighted by Gasteiger charge is -2.00. The normalized spacial score (nSPS) is 16.5. The molecule has 2 aromatic rings. The molecule has 94 valence electrons. The number of thiocarbonyl (C=S) groups is 1. The van der Waals surface area contributed by atoms with Crippen molar-refractivity contribution in [1.29, 1.82) is 0 Å². The Bertz CT molecular complexity index is 673. The van der Waals surface area contributed by atoms with Crippen LogP contribution < -0.4 is 10.6 Å². The van der Waals surface area contributed by atoms with Gasteiger partial charge < -0.3 is 9.88 Å². The van der Waals surface area contributed by atoms with E-state index in [1.165, 1.54) is 0 Å². The van der Waals surface area contributed by atoms with Gasteiger partial charge in [-0.25, -0.2) is 0 Å². The second kappa shape index (κ2) is 4.70. The molecule has 1 aromatic heterocycles. The molecule has 1 amide bonds. The summed E-state index contributed by atoms with van der Waals surface area (Å²) < 4.78 is 2.00. The van der Waals surface area contributed by atoms with Gasteiger partial charge in [-0.2, -0.15) is 0 Å². The zero-order valence-corrected chi connectivity index (χ0v) is 10.8. The SMILES string of the molecule is O=C1NC(=S)N/C1=C\c1ccn(-c2ccccc2)c1. The van der Waals surface area contributed by atoms with Gasteiger partial charge in [0.25, 0.3) is 5.91 Å². The minimum absolute atomic E-state index is 0.197. The van der Waals surface area contributed by atoms with Crippen molar-refractivity contribution in [3.63, 3.8) is 0 Å².